The van der Waals surface area contributed by atoms with Crippen LogP contribution in [-0.4, -0.2) is 6.54 Å². The van der Waals surface area contributed by atoms with E-state index in [9.17, 15) is 0 Å². The van der Waals surface area contributed by atoms with Crippen molar-refractivity contribution in [3.8, 4) is 0 Å². The van der Waals surface area contributed by atoms with Gasteiger partial charge in [-0.3, -0.25) is 0 Å². The molecule has 0 aromatic heterocycles. The average Bonchev–Trinajstić information content (AvgIpc) is 2.36. The second kappa shape index (κ2) is 1.41. The van der Waals surface area contributed by atoms with Gasteiger partial charge in [0.05, 0.1) is 5.70 Å². The molecule has 0 saturated carbocycles. The lowest BCUT2D eigenvalue weighted by atomic mass is 10.2. The molecule has 0 unspecified atom stereocenters. The van der Waals surface area contributed by atoms with E-state index in [0.717, 1.165) is 6.54 Å². The predicted molar refractivity (Wildman–Crippen MR) is 32.0 cm³/mol. The number of nitrogens with one attached hydrogen (secondary N) is 2. The lowest BCUT2D eigenvalue weighted by Crippen LogP contribution is -2.12. The Morgan fingerprint density at radius 1 is 1.25 bits per heavy atom. The summed E-state index contributed by atoms with van der Waals surface area (Å²) in [5.74, 6) is 1.31. The van der Waals surface area contributed by atoms with Crippen LogP contribution in [0.1, 0.15) is 19.3 Å². The van der Waals surface area contributed by atoms with Gasteiger partial charge in [0.1, 0.15) is 5.82 Å². The lowest BCUT2D eigenvalue weighted by molar-refractivity contribution is 0.682. The third kappa shape index (κ3) is 0.565. The zero-order valence-corrected chi connectivity index (χ0v) is 4.83. The molecule has 0 aromatic carbocycles. The van der Waals surface area contributed by atoms with Crippen LogP contribution in [0.15, 0.2) is 11.5 Å². The molecule has 44 valence electrons. The van der Waals surface area contributed by atoms with Crippen LogP contribution >= 0.6 is 0 Å². The maximum absolute atomic E-state index is 3.29. The maximum Gasteiger partial charge on any atom is 0.123 e. The molecule has 0 atom stereocenters. The van der Waals surface area contributed by atoms with Crippen LogP contribution in [0, 0.1) is 0 Å². The van der Waals surface area contributed by atoms with Crippen molar-refractivity contribution in [1.82, 2.24) is 10.6 Å². The second-order valence-corrected chi connectivity index (χ2v) is 2.36. The van der Waals surface area contributed by atoms with E-state index in [1.807, 2.05) is 0 Å². The Morgan fingerprint density at radius 3 is 3.25 bits per heavy atom. The number of allylic oxidation sites excluding steroid dienone is 1. The summed E-state index contributed by atoms with van der Waals surface area (Å²) in [6.45, 7) is 1.16. The Labute approximate surface area is 49.0 Å². The highest BCUT2D eigenvalue weighted by molar-refractivity contribution is 5.28. The van der Waals surface area contributed by atoms with E-state index in [0.29, 0.717) is 0 Å². The topological polar surface area (TPSA) is 34.0 Å². The first-order valence-electron chi connectivity index (χ1n) is 3.21. The number of hydrogen-bond acceptors (Lipinski definition) is 2. The third-order valence-corrected chi connectivity index (χ3v) is 1.67. The van der Waals surface area contributed by atoms with Crippen molar-refractivity contribution < 1.29 is 0 Å². The van der Waals surface area contributed by atoms with Crippen LogP contribution in [0.2, 0.25) is 0 Å². The summed E-state index contributed by atoms with van der Waals surface area (Å²) in [4.78, 5) is 0. The van der Waals surface area contributed by atoms with E-state index in [4.69, 9.17) is 0 Å². The Kier molecular flexibility index (Phi) is 0.745. The number of rotatable bonds is 0. The van der Waals surface area contributed by atoms with E-state index >= 15 is 0 Å². The Morgan fingerprint density at radius 2 is 2.25 bits per heavy atom. The third-order valence-electron chi connectivity index (χ3n) is 1.67. The molecule has 0 amide bonds. The fraction of sp³-hybridized carbons (Fsp3) is 0.667. The minimum atomic E-state index is 1.16. The van der Waals surface area contributed by atoms with Gasteiger partial charge < -0.3 is 10.6 Å². The predicted octanol–water partition coefficient (Wildman–Crippen LogP) is 0.532. The molecule has 2 aliphatic rings. The van der Waals surface area contributed by atoms with Gasteiger partial charge >= 0.3 is 0 Å². The van der Waals surface area contributed by atoms with E-state index < -0.39 is 0 Å². The highest BCUT2D eigenvalue weighted by atomic mass is 15.2. The molecule has 2 aliphatic heterocycles. The van der Waals surface area contributed by atoms with Crippen molar-refractivity contribution >= 4 is 0 Å². The van der Waals surface area contributed by atoms with Crippen molar-refractivity contribution in [1.29, 1.82) is 0 Å². The molecule has 2 heteroatoms. The SMILES string of the molecule is C1CCC2=C(NC1)N2. The average molecular weight is 110 g/mol. The van der Waals surface area contributed by atoms with Crippen LogP contribution in [0.4, 0.5) is 0 Å². The van der Waals surface area contributed by atoms with E-state index in [-0.39, 0.29) is 0 Å². The highest BCUT2D eigenvalue weighted by Crippen LogP contribution is 2.20. The molecule has 0 bridgehead atoms. The van der Waals surface area contributed by atoms with Gasteiger partial charge in [-0.25, -0.2) is 0 Å². The fourth-order valence-corrected chi connectivity index (χ4v) is 1.10. The smallest absolute Gasteiger partial charge is 0.123 e. The Bertz CT molecular complexity index is 123. The normalized spacial score (nSPS) is 25.0. The second-order valence-electron chi connectivity index (χ2n) is 2.36. The summed E-state index contributed by atoms with van der Waals surface area (Å²) in [6.07, 6.45) is 3.94. The molecule has 0 aromatic rings. The van der Waals surface area contributed by atoms with Gasteiger partial charge in [-0.1, -0.05) is 0 Å². The summed E-state index contributed by atoms with van der Waals surface area (Å²) < 4.78 is 0. The standard InChI is InChI=1S/C6H10N2/c1-2-4-7-6-5(3-1)8-6/h7-8H,1-4H2. The molecule has 2 heterocycles. The molecule has 0 fully saturated rings. The number of hydrogen-bond donors (Lipinski definition) is 2. The van der Waals surface area contributed by atoms with Gasteiger partial charge in [-0.15, -0.1) is 0 Å². The minimum absolute atomic E-state index is 1.16. The lowest BCUT2D eigenvalue weighted by Gasteiger charge is -1.97. The van der Waals surface area contributed by atoms with Crippen LogP contribution < -0.4 is 10.6 Å². The minimum Gasteiger partial charge on any atom is -0.370 e. The zero-order valence-electron chi connectivity index (χ0n) is 4.83. The van der Waals surface area contributed by atoms with E-state index in [2.05, 4.69) is 10.6 Å². The first-order valence-corrected chi connectivity index (χ1v) is 3.21. The quantitative estimate of drug-likeness (QED) is 0.477. The van der Waals surface area contributed by atoms with Crippen molar-refractivity contribution in [3.05, 3.63) is 11.5 Å². The Balaban J connectivity index is 2.02. The molecule has 0 saturated heterocycles. The van der Waals surface area contributed by atoms with Crippen LogP contribution in [0.25, 0.3) is 0 Å². The molecular weight excluding hydrogens is 100 g/mol. The summed E-state index contributed by atoms with van der Waals surface area (Å²) in [5, 5.41) is 6.48. The van der Waals surface area contributed by atoms with Gasteiger partial charge in [0, 0.05) is 6.54 Å². The van der Waals surface area contributed by atoms with Crippen molar-refractivity contribution in [2.75, 3.05) is 6.54 Å². The first-order chi connectivity index (χ1) is 3.97. The summed E-state index contributed by atoms with van der Waals surface area (Å²) in [7, 11) is 0. The largest absolute Gasteiger partial charge is 0.370 e. The highest BCUT2D eigenvalue weighted by Gasteiger charge is 2.21. The summed E-state index contributed by atoms with van der Waals surface area (Å²) >= 11 is 0. The van der Waals surface area contributed by atoms with Gasteiger partial charge in [-0.2, -0.15) is 0 Å². The fourth-order valence-electron chi connectivity index (χ4n) is 1.10. The molecular formula is C6H10N2. The maximum atomic E-state index is 3.29. The van der Waals surface area contributed by atoms with Crippen LogP contribution in [-0.2, 0) is 0 Å². The van der Waals surface area contributed by atoms with Gasteiger partial charge in [0.15, 0.2) is 0 Å². The molecule has 0 aliphatic carbocycles. The molecule has 2 rings (SSSR count). The molecule has 2 nitrogen and oxygen atoms in total. The van der Waals surface area contributed by atoms with Crippen molar-refractivity contribution in [2.45, 2.75) is 19.3 Å². The monoisotopic (exact) mass is 110 g/mol. The molecule has 2 N–H and O–H groups in total. The van der Waals surface area contributed by atoms with Gasteiger partial charge in [0.25, 0.3) is 0 Å². The Hall–Kier alpha value is -0.660. The van der Waals surface area contributed by atoms with E-state index in [1.54, 1.807) is 0 Å². The van der Waals surface area contributed by atoms with Crippen molar-refractivity contribution in [2.24, 2.45) is 0 Å². The van der Waals surface area contributed by atoms with Gasteiger partial charge in [0.2, 0.25) is 0 Å². The van der Waals surface area contributed by atoms with Crippen LogP contribution in [0.5, 0.6) is 0 Å². The van der Waals surface area contributed by atoms with Crippen molar-refractivity contribution in [3.63, 3.8) is 0 Å². The van der Waals surface area contributed by atoms with E-state index in [1.165, 1.54) is 30.8 Å². The summed E-state index contributed by atoms with van der Waals surface area (Å²) in [5.41, 5.74) is 1.45. The molecule has 0 radical (unpaired) electrons. The van der Waals surface area contributed by atoms with Crippen LogP contribution in [0.3, 0.4) is 0 Å². The van der Waals surface area contributed by atoms with Gasteiger partial charge in [-0.05, 0) is 19.3 Å². The zero-order chi connectivity index (χ0) is 5.40. The first kappa shape index (κ1) is 4.24. The molecule has 0 spiro atoms. The summed E-state index contributed by atoms with van der Waals surface area (Å²) in [6, 6.07) is 0. The molecule has 8 heavy (non-hydrogen) atoms.